The predicted molar refractivity (Wildman–Crippen MR) is 143 cm³/mol. The Balaban J connectivity index is 1.30. The van der Waals surface area contributed by atoms with Crippen LogP contribution in [0, 0.1) is 0 Å². The molecule has 2 N–H and O–H groups in total. The molecule has 2 heterocycles. The van der Waals surface area contributed by atoms with Gasteiger partial charge in [-0.1, -0.05) is 54.6 Å². The Labute approximate surface area is 211 Å². The Bertz CT molecular complexity index is 1290. The van der Waals surface area contributed by atoms with Gasteiger partial charge in [-0.3, -0.25) is 4.90 Å². The maximum absolute atomic E-state index is 6.37. The number of aromatic nitrogens is 2. The van der Waals surface area contributed by atoms with Crippen molar-refractivity contribution in [3.8, 4) is 22.9 Å². The van der Waals surface area contributed by atoms with Gasteiger partial charge in [-0.25, -0.2) is 9.97 Å². The molecule has 0 spiro atoms. The van der Waals surface area contributed by atoms with Crippen molar-refractivity contribution < 1.29 is 14.2 Å². The van der Waals surface area contributed by atoms with Crippen LogP contribution >= 0.6 is 0 Å². The van der Waals surface area contributed by atoms with E-state index in [1.54, 1.807) is 7.11 Å². The molecular formula is C29H32N4O3. The number of ether oxygens (including phenoxy) is 3. The highest BCUT2D eigenvalue weighted by Gasteiger charge is 2.14. The molecule has 1 aliphatic rings. The van der Waals surface area contributed by atoms with Crippen LogP contribution in [0.4, 0.5) is 5.82 Å². The van der Waals surface area contributed by atoms with Crippen molar-refractivity contribution in [2.75, 3.05) is 52.3 Å². The van der Waals surface area contributed by atoms with Gasteiger partial charge in [-0.05, 0) is 30.0 Å². The number of benzene rings is 3. The zero-order valence-electron chi connectivity index (χ0n) is 20.7. The van der Waals surface area contributed by atoms with E-state index in [1.165, 1.54) is 11.1 Å². The van der Waals surface area contributed by atoms with E-state index in [4.69, 9.17) is 24.9 Å². The van der Waals surface area contributed by atoms with Crippen LogP contribution in [-0.2, 0) is 11.2 Å². The number of nitrogens with zero attached hydrogens (tertiary/aromatic N) is 3. The Morgan fingerprint density at radius 1 is 0.917 bits per heavy atom. The molecule has 1 aromatic heterocycles. The van der Waals surface area contributed by atoms with Crippen LogP contribution in [-0.4, -0.2) is 61.4 Å². The fourth-order valence-corrected chi connectivity index (χ4v) is 4.46. The molecule has 0 bridgehead atoms. The van der Waals surface area contributed by atoms with Gasteiger partial charge in [0.15, 0.2) is 17.3 Å². The third kappa shape index (κ3) is 5.75. The molecule has 4 aromatic rings. The molecule has 186 valence electrons. The lowest BCUT2D eigenvalue weighted by atomic mass is 10.0. The Morgan fingerprint density at radius 3 is 2.42 bits per heavy atom. The summed E-state index contributed by atoms with van der Waals surface area (Å²) in [6, 6.07) is 22.5. The monoisotopic (exact) mass is 484 g/mol. The van der Waals surface area contributed by atoms with Crippen molar-refractivity contribution in [2.24, 2.45) is 0 Å². The van der Waals surface area contributed by atoms with Crippen LogP contribution in [0.15, 0.2) is 66.7 Å². The molecule has 7 nitrogen and oxygen atoms in total. The van der Waals surface area contributed by atoms with E-state index >= 15 is 0 Å². The van der Waals surface area contributed by atoms with E-state index in [-0.39, 0.29) is 0 Å². The second-order valence-electron chi connectivity index (χ2n) is 8.97. The molecule has 7 heteroatoms. The highest BCUT2D eigenvalue weighted by molar-refractivity contribution is 5.92. The summed E-state index contributed by atoms with van der Waals surface area (Å²) in [6.07, 6.45) is 1.81. The number of rotatable bonds is 9. The third-order valence-corrected chi connectivity index (χ3v) is 6.45. The maximum atomic E-state index is 6.37. The van der Waals surface area contributed by atoms with Gasteiger partial charge in [0.05, 0.1) is 32.4 Å². The van der Waals surface area contributed by atoms with E-state index in [9.17, 15) is 0 Å². The summed E-state index contributed by atoms with van der Waals surface area (Å²) < 4.78 is 17.1. The lowest BCUT2D eigenvalue weighted by Crippen LogP contribution is -2.37. The summed E-state index contributed by atoms with van der Waals surface area (Å²) in [6.45, 7) is 5.14. The zero-order valence-corrected chi connectivity index (χ0v) is 20.7. The molecule has 36 heavy (non-hydrogen) atoms. The third-order valence-electron chi connectivity index (χ3n) is 6.45. The van der Waals surface area contributed by atoms with Crippen molar-refractivity contribution in [3.63, 3.8) is 0 Å². The number of hydrogen-bond donors (Lipinski definition) is 1. The van der Waals surface area contributed by atoms with Crippen molar-refractivity contribution in [2.45, 2.75) is 12.8 Å². The van der Waals surface area contributed by atoms with Gasteiger partial charge in [0.25, 0.3) is 0 Å². The van der Waals surface area contributed by atoms with Crippen molar-refractivity contribution >= 4 is 16.7 Å². The van der Waals surface area contributed by atoms with E-state index in [2.05, 4.69) is 46.3 Å². The fraction of sp³-hybridized carbons (Fsp3) is 0.310. The van der Waals surface area contributed by atoms with Gasteiger partial charge in [0.1, 0.15) is 5.82 Å². The molecular weight excluding hydrogens is 452 g/mol. The van der Waals surface area contributed by atoms with Crippen molar-refractivity contribution in [3.05, 3.63) is 77.9 Å². The highest BCUT2D eigenvalue weighted by Crippen LogP contribution is 2.34. The lowest BCUT2D eigenvalue weighted by molar-refractivity contribution is 0.0357. The molecule has 3 aromatic carbocycles. The number of hydrogen-bond acceptors (Lipinski definition) is 7. The number of morpholine rings is 1. The average molecular weight is 485 g/mol. The first-order valence-electron chi connectivity index (χ1n) is 12.4. The Hall–Kier alpha value is -3.68. The normalized spacial score (nSPS) is 14.1. The van der Waals surface area contributed by atoms with Crippen LogP contribution in [0.25, 0.3) is 22.3 Å². The first kappa shape index (κ1) is 24.0. The van der Waals surface area contributed by atoms with Crippen molar-refractivity contribution in [1.82, 2.24) is 14.9 Å². The van der Waals surface area contributed by atoms with Gasteiger partial charge in [-0.15, -0.1) is 0 Å². The first-order chi connectivity index (χ1) is 17.7. The minimum Gasteiger partial charge on any atom is -0.493 e. The van der Waals surface area contributed by atoms with Crippen LogP contribution < -0.4 is 15.2 Å². The van der Waals surface area contributed by atoms with Gasteiger partial charge in [-0.2, -0.15) is 0 Å². The quantitative estimate of drug-likeness (QED) is 0.348. The molecule has 0 aliphatic carbocycles. The summed E-state index contributed by atoms with van der Waals surface area (Å²) in [5, 5.41) is 0.753. The Morgan fingerprint density at radius 2 is 1.67 bits per heavy atom. The zero-order chi connectivity index (χ0) is 24.7. The Kier molecular flexibility index (Phi) is 7.59. The second kappa shape index (κ2) is 11.4. The number of anilines is 1. The molecule has 1 fully saturated rings. The smallest absolute Gasteiger partial charge is 0.162 e. The summed E-state index contributed by atoms with van der Waals surface area (Å²) in [5.74, 6) is 2.30. The minimum atomic E-state index is 0.421. The maximum Gasteiger partial charge on any atom is 0.162 e. The van der Waals surface area contributed by atoms with Gasteiger partial charge < -0.3 is 19.9 Å². The summed E-state index contributed by atoms with van der Waals surface area (Å²) in [4.78, 5) is 11.8. The molecule has 0 saturated carbocycles. The van der Waals surface area contributed by atoms with Gasteiger partial charge in [0.2, 0.25) is 0 Å². The lowest BCUT2D eigenvalue weighted by Gasteiger charge is -2.26. The highest BCUT2D eigenvalue weighted by atomic mass is 16.5. The SMILES string of the molecule is COc1cc2nc(-c3ccc(Cc4ccccc4)cc3)nc(N)c2cc1OCCCN1CCOCC1. The fourth-order valence-electron chi connectivity index (χ4n) is 4.46. The first-order valence-corrected chi connectivity index (χ1v) is 12.4. The van der Waals surface area contributed by atoms with Crippen LogP contribution in [0.2, 0.25) is 0 Å². The number of methoxy groups -OCH3 is 1. The number of nitrogens with two attached hydrogens (primary N) is 1. The van der Waals surface area contributed by atoms with E-state index < -0.39 is 0 Å². The van der Waals surface area contributed by atoms with Crippen LogP contribution in [0.5, 0.6) is 11.5 Å². The number of nitrogen functional groups attached to an aromatic ring is 1. The molecule has 1 saturated heterocycles. The van der Waals surface area contributed by atoms with E-state index in [1.807, 2.05) is 30.3 Å². The summed E-state index contributed by atoms with van der Waals surface area (Å²) >= 11 is 0. The van der Waals surface area contributed by atoms with E-state index in [0.717, 1.165) is 62.2 Å². The molecule has 1 aliphatic heterocycles. The molecule has 0 amide bonds. The van der Waals surface area contributed by atoms with Crippen LogP contribution in [0.1, 0.15) is 17.5 Å². The van der Waals surface area contributed by atoms with Crippen molar-refractivity contribution in [1.29, 1.82) is 0 Å². The summed E-state index contributed by atoms with van der Waals surface area (Å²) in [7, 11) is 1.64. The molecule has 0 radical (unpaired) electrons. The summed E-state index contributed by atoms with van der Waals surface area (Å²) in [5.41, 5.74) is 10.5. The van der Waals surface area contributed by atoms with E-state index in [0.29, 0.717) is 29.7 Å². The topological polar surface area (TPSA) is 82.7 Å². The average Bonchev–Trinajstić information content (AvgIpc) is 2.92. The van der Waals surface area contributed by atoms with Gasteiger partial charge in [0, 0.05) is 36.7 Å². The second-order valence-corrected chi connectivity index (χ2v) is 8.97. The largest absolute Gasteiger partial charge is 0.493 e. The standard InChI is InChI=1S/C29H32N4O3/c1-34-26-20-25-24(19-27(26)36-15-5-12-33-13-16-35-17-14-33)28(30)32-29(31-25)23-10-8-22(9-11-23)18-21-6-3-2-4-7-21/h2-4,6-11,19-20H,5,12-18H2,1H3,(H2,30,31,32). The minimum absolute atomic E-state index is 0.421. The van der Waals surface area contributed by atoms with Gasteiger partial charge >= 0.3 is 0 Å². The molecule has 0 unspecified atom stereocenters. The molecule has 5 rings (SSSR count). The van der Waals surface area contributed by atoms with Crippen LogP contribution in [0.3, 0.4) is 0 Å². The predicted octanol–water partition coefficient (Wildman–Crippen LogP) is 4.58. The number of fused-ring (bicyclic) bond motifs is 1. The molecule has 0 atom stereocenters.